The first-order valence-electron chi connectivity index (χ1n) is 18.6. The smallest absolute Gasteiger partial charge is 0.224 e. The Morgan fingerprint density at radius 1 is 0.852 bits per heavy atom. The predicted octanol–water partition coefficient (Wildman–Crippen LogP) is 8.09. The van der Waals surface area contributed by atoms with Crippen LogP contribution >= 0.6 is 11.8 Å². The van der Waals surface area contributed by atoms with Crippen LogP contribution in [0.2, 0.25) is 0 Å². The Hall–Kier alpha value is -4.94. The van der Waals surface area contributed by atoms with Crippen LogP contribution in [0.3, 0.4) is 0 Å². The third-order valence-electron chi connectivity index (χ3n) is 9.49. The normalized spacial score (nSPS) is 16.9. The Bertz CT molecular complexity index is 1980. The Morgan fingerprint density at radius 2 is 1.59 bits per heavy atom. The summed E-state index contributed by atoms with van der Waals surface area (Å²) in [6.07, 6.45) is 7.79. The molecule has 1 fully saturated rings. The molecule has 0 saturated carbocycles. The molecule has 3 atom stereocenters. The quantitative estimate of drug-likeness (QED) is 0.0425. The minimum atomic E-state index is -0.568. The number of anilines is 2. The standard InChI is InChI=1S/C43H49N5O5S/c1-48-23-22-45-43(48)54-29-36-26-39(32-20-18-30(28-49)19-21-32)53-42(52-36)35-13-9-12-34(25-35)33-11-8-10-31(24-33)27-46-40(50)16-4-2-3-5-17-41(51)47-38-15-7-6-14-37(38)44/h6-15,18-25,36,39,42,49H,2-5,16-17,26-29,44H2,1H3,(H,46,50)(H,47,51)/t36-,39+,42+/m1/s1. The van der Waals surface area contributed by atoms with Crippen LogP contribution in [0.4, 0.5) is 11.4 Å². The van der Waals surface area contributed by atoms with Gasteiger partial charge in [-0.1, -0.05) is 97.4 Å². The molecule has 4 aromatic carbocycles. The van der Waals surface area contributed by atoms with E-state index in [4.69, 9.17) is 15.2 Å². The van der Waals surface area contributed by atoms with Crippen LogP contribution in [-0.2, 0) is 39.3 Å². The maximum Gasteiger partial charge on any atom is 0.224 e. The largest absolute Gasteiger partial charge is 0.397 e. The number of carbonyl (C=O) groups is 2. The Labute approximate surface area is 321 Å². The fourth-order valence-corrected chi connectivity index (χ4v) is 7.39. The highest BCUT2D eigenvalue weighted by Crippen LogP contribution is 2.40. The van der Waals surface area contributed by atoms with Gasteiger partial charge in [0.05, 0.1) is 30.2 Å². The number of aromatic nitrogens is 2. The molecule has 2 amide bonds. The summed E-state index contributed by atoms with van der Waals surface area (Å²) in [7, 11) is 1.99. The summed E-state index contributed by atoms with van der Waals surface area (Å²) in [5.41, 5.74) is 13.0. The maximum atomic E-state index is 12.7. The van der Waals surface area contributed by atoms with Gasteiger partial charge in [0.15, 0.2) is 11.4 Å². The molecular formula is C43H49N5O5S. The number of thioether (sulfide) groups is 1. The molecule has 0 radical (unpaired) electrons. The van der Waals surface area contributed by atoms with Gasteiger partial charge in [-0.05, 0) is 64.9 Å². The number of amides is 2. The zero-order chi connectivity index (χ0) is 37.7. The van der Waals surface area contributed by atoms with Crippen LogP contribution in [0.25, 0.3) is 11.1 Å². The summed E-state index contributed by atoms with van der Waals surface area (Å²) in [5.74, 6) is 0.696. The number of carbonyl (C=O) groups excluding carboxylic acids is 2. The highest BCUT2D eigenvalue weighted by molar-refractivity contribution is 7.99. The van der Waals surface area contributed by atoms with E-state index in [1.807, 2.05) is 78.5 Å². The molecule has 10 nitrogen and oxygen atoms in total. The van der Waals surface area contributed by atoms with E-state index in [0.717, 1.165) is 70.0 Å². The molecule has 0 aliphatic carbocycles. The molecule has 0 unspecified atom stereocenters. The van der Waals surface area contributed by atoms with Gasteiger partial charge in [-0.2, -0.15) is 0 Å². The first-order valence-corrected chi connectivity index (χ1v) is 19.5. The number of aliphatic hydroxyl groups is 1. The highest BCUT2D eigenvalue weighted by Gasteiger charge is 2.32. The predicted molar refractivity (Wildman–Crippen MR) is 213 cm³/mol. The number of nitrogens with two attached hydrogens (primary N) is 1. The summed E-state index contributed by atoms with van der Waals surface area (Å²) >= 11 is 1.67. The lowest BCUT2D eigenvalue weighted by Crippen LogP contribution is -2.31. The van der Waals surface area contributed by atoms with Crippen LogP contribution in [0, 0.1) is 0 Å². The van der Waals surface area contributed by atoms with Crippen molar-refractivity contribution in [3.63, 3.8) is 0 Å². The average Bonchev–Trinajstić information content (AvgIpc) is 3.62. The summed E-state index contributed by atoms with van der Waals surface area (Å²) in [4.78, 5) is 29.4. The zero-order valence-corrected chi connectivity index (χ0v) is 31.5. The number of para-hydroxylation sites is 2. The molecule has 6 rings (SSSR count). The summed E-state index contributed by atoms with van der Waals surface area (Å²) < 4.78 is 15.2. The SMILES string of the molecule is Cn1ccnc1SC[C@H]1C[C@@H](c2ccc(CO)cc2)O[C@@H](c2cccc(-c3cccc(CNC(=O)CCCCCCC(=O)Nc4ccccc4N)c3)c2)O1. The van der Waals surface area contributed by atoms with Crippen molar-refractivity contribution in [3.8, 4) is 11.1 Å². The second-order valence-corrected chi connectivity index (χ2v) is 14.6. The first kappa shape index (κ1) is 38.8. The molecule has 5 N–H and O–H groups in total. The fourth-order valence-electron chi connectivity index (χ4n) is 6.44. The fraction of sp³-hybridized carbons (Fsp3) is 0.326. The molecule has 1 aliphatic heterocycles. The lowest BCUT2D eigenvalue weighted by Gasteiger charge is -2.36. The lowest BCUT2D eigenvalue weighted by molar-refractivity contribution is -0.245. The van der Waals surface area contributed by atoms with Crippen molar-refractivity contribution >= 4 is 35.0 Å². The molecule has 11 heteroatoms. The number of aliphatic hydroxyl groups excluding tert-OH is 1. The summed E-state index contributed by atoms with van der Waals surface area (Å²) in [5, 5.41) is 16.4. The van der Waals surface area contributed by atoms with E-state index in [0.29, 0.717) is 37.2 Å². The molecule has 54 heavy (non-hydrogen) atoms. The van der Waals surface area contributed by atoms with Crippen molar-refractivity contribution in [2.75, 3.05) is 16.8 Å². The zero-order valence-electron chi connectivity index (χ0n) is 30.7. The summed E-state index contributed by atoms with van der Waals surface area (Å²) in [6, 6.07) is 31.6. The van der Waals surface area contributed by atoms with Gasteiger partial charge in [0.2, 0.25) is 11.8 Å². The molecule has 2 heterocycles. The summed E-state index contributed by atoms with van der Waals surface area (Å²) in [6.45, 7) is 0.438. The van der Waals surface area contributed by atoms with Crippen molar-refractivity contribution < 1.29 is 24.2 Å². The maximum absolute atomic E-state index is 12.7. The number of nitrogens with zero attached hydrogens (tertiary/aromatic N) is 2. The minimum absolute atomic E-state index is 0.00219. The van der Waals surface area contributed by atoms with Crippen LogP contribution in [0.1, 0.15) is 79.6 Å². The van der Waals surface area contributed by atoms with Gasteiger partial charge in [0, 0.05) is 56.6 Å². The molecule has 0 spiro atoms. The third kappa shape index (κ3) is 11.0. The number of hydrogen-bond donors (Lipinski definition) is 4. The van der Waals surface area contributed by atoms with Crippen molar-refractivity contribution in [1.82, 2.24) is 14.9 Å². The second-order valence-electron chi connectivity index (χ2n) is 13.6. The molecule has 5 aromatic rings. The van der Waals surface area contributed by atoms with Crippen molar-refractivity contribution in [1.29, 1.82) is 0 Å². The number of imidazole rings is 1. The molecule has 0 bridgehead atoms. The molecule has 282 valence electrons. The van der Waals surface area contributed by atoms with Crippen LogP contribution in [-0.4, -0.2) is 38.3 Å². The average molecular weight is 748 g/mol. The van der Waals surface area contributed by atoms with E-state index in [1.54, 1.807) is 30.1 Å². The van der Waals surface area contributed by atoms with Gasteiger partial charge in [-0.15, -0.1) is 0 Å². The van der Waals surface area contributed by atoms with E-state index in [1.165, 1.54) is 0 Å². The van der Waals surface area contributed by atoms with Gasteiger partial charge >= 0.3 is 0 Å². The number of hydrogen-bond acceptors (Lipinski definition) is 8. The van der Waals surface area contributed by atoms with Gasteiger partial charge in [-0.3, -0.25) is 9.59 Å². The Morgan fingerprint density at radius 3 is 2.33 bits per heavy atom. The second kappa shape index (κ2) is 19.4. The van der Waals surface area contributed by atoms with Crippen LogP contribution in [0.5, 0.6) is 0 Å². The van der Waals surface area contributed by atoms with Crippen molar-refractivity contribution in [2.24, 2.45) is 7.05 Å². The van der Waals surface area contributed by atoms with Crippen molar-refractivity contribution in [3.05, 3.63) is 132 Å². The monoisotopic (exact) mass is 747 g/mol. The van der Waals surface area contributed by atoms with E-state index >= 15 is 0 Å². The third-order valence-corrected chi connectivity index (χ3v) is 10.7. The molecule has 1 aromatic heterocycles. The van der Waals surface area contributed by atoms with Crippen LogP contribution in [0.15, 0.2) is 115 Å². The highest BCUT2D eigenvalue weighted by atomic mass is 32.2. The Kier molecular flexibility index (Phi) is 13.9. The van der Waals surface area contributed by atoms with E-state index in [2.05, 4.69) is 39.9 Å². The van der Waals surface area contributed by atoms with Crippen LogP contribution < -0.4 is 16.4 Å². The number of rotatable bonds is 17. The van der Waals surface area contributed by atoms with Gasteiger partial charge in [0.25, 0.3) is 0 Å². The van der Waals surface area contributed by atoms with Gasteiger partial charge < -0.3 is 35.5 Å². The van der Waals surface area contributed by atoms with E-state index < -0.39 is 6.29 Å². The number of ether oxygens (including phenoxy) is 2. The van der Waals surface area contributed by atoms with E-state index in [9.17, 15) is 14.7 Å². The Balaban J connectivity index is 1.00. The molecule has 1 saturated heterocycles. The number of nitrogens with one attached hydrogen (secondary N) is 2. The number of benzene rings is 4. The van der Waals surface area contributed by atoms with Crippen molar-refractivity contribution in [2.45, 2.75) is 81.8 Å². The van der Waals surface area contributed by atoms with Gasteiger partial charge in [-0.25, -0.2) is 4.98 Å². The van der Waals surface area contributed by atoms with E-state index in [-0.39, 0.29) is 30.6 Å². The molecule has 1 aliphatic rings. The first-order chi connectivity index (χ1) is 26.3. The number of nitrogen functional groups attached to an aromatic ring is 1. The lowest BCUT2D eigenvalue weighted by atomic mass is 9.99. The van der Waals surface area contributed by atoms with Gasteiger partial charge in [0.1, 0.15) is 0 Å². The topological polar surface area (TPSA) is 141 Å². The number of unbranched alkanes of at least 4 members (excludes halogenated alkanes) is 3. The minimum Gasteiger partial charge on any atom is -0.397 e. The molecular weight excluding hydrogens is 699 g/mol. The number of aryl methyl sites for hydroxylation is 1.